The average Bonchev–Trinajstić information content (AvgIpc) is 2.70. The fourth-order valence-corrected chi connectivity index (χ4v) is 3.36. The van der Waals surface area contributed by atoms with Gasteiger partial charge in [0.1, 0.15) is 35.7 Å². The Morgan fingerprint density at radius 3 is 2.43 bits per heavy atom. The molecule has 0 spiro atoms. The lowest BCUT2D eigenvalue weighted by atomic mass is 9.92. The number of hydrogen-bond donors (Lipinski definition) is 6. The van der Waals surface area contributed by atoms with Crippen molar-refractivity contribution in [2.45, 2.75) is 62.7 Å². The van der Waals surface area contributed by atoms with Crippen molar-refractivity contribution >= 4 is 11.0 Å². The lowest BCUT2D eigenvalue weighted by Gasteiger charge is -2.43. The van der Waals surface area contributed by atoms with Gasteiger partial charge in [-0.2, -0.15) is 0 Å². The minimum Gasteiger partial charge on any atom is -0.508 e. The van der Waals surface area contributed by atoms with Crippen molar-refractivity contribution in [1.29, 1.82) is 0 Å². The predicted octanol–water partition coefficient (Wildman–Crippen LogP) is -1.00. The Morgan fingerprint density at radius 1 is 1.10 bits per heavy atom. The van der Waals surface area contributed by atoms with Crippen molar-refractivity contribution in [3.05, 3.63) is 40.2 Å². The molecule has 0 bridgehead atoms. The third-order valence-electron chi connectivity index (χ3n) is 5.34. The topological polar surface area (TPSA) is 170 Å². The Hall–Kier alpha value is -2.05. The summed E-state index contributed by atoms with van der Waals surface area (Å²) < 4.78 is 16.2. The molecule has 1 aliphatic heterocycles. The molecule has 1 aromatic carbocycles. The number of phenolic OH excluding ortho intramolecular Hbond substituents is 1. The van der Waals surface area contributed by atoms with Crippen LogP contribution in [-0.2, 0) is 15.9 Å². The maximum Gasteiger partial charge on any atom is 0.336 e. The summed E-state index contributed by atoms with van der Waals surface area (Å²) in [4.78, 5) is 11.6. The molecule has 1 saturated heterocycles. The van der Waals surface area contributed by atoms with E-state index in [4.69, 9.17) is 13.9 Å². The first kappa shape index (κ1) is 22.6. The molecule has 0 unspecified atom stereocenters. The van der Waals surface area contributed by atoms with E-state index in [1.165, 1.54) is 32.0 Å². The predicted molar refractivity (Wildman–Crippen MR) is 103 cm³/mol. The highest BCUT2D eigenvalue weighted by molar-refractivity contribution is 5.82. The van der Waals surface area contributed by atoms with Crippen LogP contribution in [0.1, 0.15) is 19.4 Å². The summed E-state index contributed by atoms with van der Waals surface area (Å²) in [5.41, 5.74) is -1.66. The molecule has 30 heavy (non-hydrogen) atoms. The SMILES string of the molecule is CC(C)(O[C@@H]1O[C@H](CO)[C@H](O)[C@H](O)[C@H]1O)[C@H](O)Cc1c(O)ccc2ccc(=O)oc12. The van der Waals surface area contributed by atoms with Gasteiger partial charge in [0.05, 0.1) is 18.3 Å². The fraction of sp³-hybridized carbons (Fsp3) is 0.550. The van der Waals surface area contributed by atoms with E-state index in [9.17, 15) is 35.4 Å². The first-order valence-electron chi connectivity index (χ1n) is 9.46. The Morgan fingerprint density at radius 2 is 1.77 bits per heavy atom. The summed E-state index contributed by atoms with van der Waals surface area (Å²) in [5.74, 6) is -0.181. The molecular formula is C20H26O10. The van der Waals surface area contributed by atoms with Gasteiger partial charge in [0.2, 0.25) is 0 Å². The van der Waals surface area contributed by atoms with Gasteiger partial charge >= 0.3 is 5.63 Å². The van der Waals surface area contributed by atoms with Gasteiger partial charge in [-0.15, -0.1) is 0 Å². The van der Waals surface area contributed by atoms with Gasteiger partial charge in [-0.3, -0.25) is 0 Å². The number of aliphatic hydroxyl groups excluding tert-OH is 5. The van der Waals surface area contributed by atoms with E-state index in [-0.39, 0.29) is 23.3 Å². The number of fused-ring (bicyclic) bond motifs is 1. The number of hydrogen-bond acceptors (Lipinski definition) is 10. The van der Waals surface area contributed by atoms with Gasteiger partial charge in [0.15, 0.2) is 6.29 Å². The van der Waals surface area contributed by atoms with E-state index in [0.717, 1.165) is 0 Å². The molecule has 6 atom stereocenters. The molecule has 0 aliphatic carbocycles. The highest BCUT2D eigenvalue weighted by Gasteiger charge is 2.47. The van der Waals surface area contributed by atoms with Gasteiger partial charge in [-0.05, 0) is 32.0 Å². The second-order valence-corrected chi connectivity index (χ2v) is 7.87. The summed E-state index contributed by atoms with van der Waals surface area (Å²) in [6, 6.07) is 5.76. The molecule has 1 aliphatic rings. The maximum atomic E-state index is 11.6. The maximum absolute atomic E-state index is 11.6. The van der Waals surface area contributed by atoms with Crippen LogP contribution >= 0.6 is 0 Å². The van der Waals surface area contributed by atoms with Crippen molar-refractivity contribution in [1.82, 2.24) is 0 Å². The van der Waals surface area contributed by atoms with Crippen molar-refractivity contribution in [3.8, 4) is 5.75 Å². The van der Waals surface area contributed by atoms with E-state index in [2.05, 4.69) is 0 Å². The van der Waals surface area contributed by atoms with E-state index in [0.29, 0.717) is 5.39 Å². The van der Waals surface area contributed by atoms with Gasteiger partial charge in [0, 0.05) is 23.4 Å². The summed E-state index contributed by atoms with van der Waals surface area (Å²) in [7, 11) is 0. The molecule has 10 heteroatoms. The second-order valence-electron chi connectivity index (χ2n) is 7.87. The van der Waals surface area contributed by atoms with Crippen LogP contribution in [0.5, 0.6) is 5.75 Å². The van der Waals surface area contributed by atoms with Gasteiger partial charge in [0.25, 0.3) is 0 Å². The summed E-state index contributed by atoms with van der Waals surface area (Å²) >= 11 is 0. The Kier molecular flexibility index (Phi) is 6.48. The zero-order valence-corrected chi connectivity index (χ0v) is 16.5. The molecular weight excluding hydrogens is 400 g/mol. The van der Waals surface area contributed by atoms with Gasteiger partial charge in [-0.25, -0.2) is 4.79 Å². The number of benzene rings is 1. The van der Waals surface area contributed by atoms with Gasteiger partial charge < -0.3 is 44.5 Å². The Bertz CT molecular complexity index is 937. The summed E-state index contributed by atoms with van der Waals surface area (Å²) in [6.07, 6.45) is -8.81. The Balaban J connectivity index is 1.82. The minimum atomic E-state index is -1.63. The first-order chi connectivity index (χ1) is 14.0. The third-order valence-corrected chi connectivity index (χ3v) is 5.34. The van der Waals surface area contributed by atoms with Crippen LogP contribution in [0.4, 0.5) is 0 Å². The third kappa shape index (κ3) is 4.35. The van der Waals surface area contributed by atoms with Crippen LogP contribution < -0.4 is 5.63 Å². The summed E-state index contributed by atoms with van der Waals surface area (Å²) in [6.45, 7) is 2.38. The fourth-order valence-electron chi connectivity index (χ4n) is 3.36. The smallest absolute Gasteiger partial charge is 0.336 e. The molecule has 0 saturated carbocycles. The van der Waals surface area contributed by atoms with Crippen molar-refractivity contribution in [2.24, 2.45) is 0 Å². The van der Waals surface area contributed by atoms with Crippen LogP contribution in [0.25, 0.3) is 11.0 Å². The zero-order valence-electron chi connectivity index (χ0n) is 16.5. The Labute approximate surface area is 171 Å². The van der Waals surface area contributed by atoms with Crippen molar-refractivity contribution in [2.75, 3.05) is 6.61 Å². The number of phenols is 1. The highest BCUT2D eigenvalue weighted by Crippen LogP contribution is 2.32. The molecule has 1 aromatic heterocycles. The van der Waals surface area contributed by atoms with Crippen molar-refractivity contribution < 1.29 is 44.5 Å². The van der Waals surface area contributed by atoms with Crippen molar-refractivity contribution in [3.63, 3.8) is 0 Å². The zero-order chi connectivity index (χ0) is 22.2. The van der Waals surface area contributed by atoms with E-state index in [1.54, 1.807) is 6.07 Å². The molecule has 1 fully saturated rings. The van der Waals surface area contributed by atoms with Gasteiger partial charge in [-0.1, -0.05) is 0 Å². The summed E-state index contributed by atoms with van der Waals surface area (Å²) in [5, 5.41) is 60.8. The van der Waals surface area contributed by atoms with E-state index in [1.807, 2.05) is 0 Å². The van der Waals surface area contributed by atoms with Crippen LogP contribution in [0.15, 0.2) is 33.5 Å². The van der Waals surface area contributed by atoms with E-state index < -0.39 is 54.6 Å². The van der Waals surface area contributed by atoms with Crippen LogP contribution in [0.2, 0.25) is 0 Å². The average molecular weight is 426 g/mol. The van der Waals surface area contributed by atoms with E-state index >= 15 is 0 Å². The number of rotatable bonds is 6. The lowest BCUT2D eigenvalue weighted by Crippen LogP contribution is -2.61. The monoisotopic (exact) mass is 426 g/mol. The molecule has 0 radical (unpaired) electrons. The minimum absolute atomic E-state index is 0.130. The highest BCUT2D eigenvalue weighted by atomic mass is 16.7. The molecule has 6 N–H and O–H groups in total. The molecule has 10 nitrogen and oxygen atoms in total. The second kappa shape index (κ2) is 8.60. The standard InChI is InChI=1S/C20H26O10/c1-20(2,30-19-17(27)16(26)15(25)12(8-21)28-19)13(23)7-10-11(22)5-3-9-4-6-14(24)29-18(9)10/h3-6,12-13,15-17,19,21-23,25-27H,7-8H2,1-2H3/t12-,13-,15+,16+,17-,19+/m1/s1. The first-order valence-corrected chi connectivity index (χ1v) is 9.46. The normalized spacial score (nSPS) is 28.6. The van der Waals surface area contributed by atoms with Crippen LogP contribution in [-0.4, -0.2) is 79.7 Å². The molecule has 166 valence electrons. The van der Waals surface area contributed by atoms with Crippen LogP contribution in [0, 0.1) is 0 Å². The molecule has 3 rings (SSSR count). The molecule has 0 amide bonds. The lowest BCUT2D eigenvalue weighted by molar-refractivity contribution is -0.331. The molecule has 2 aromatic rings. The quantitative estimate of drug-likeness (QED) is 0.315. The number of aromatic hydroxyl groups is 1. The molecule has 2 heterocycles. The van der Waals surface area contributed by atoms with Crippen LogP contribution in [0.3, 0.4) is 0 Å². The largest absolute Gasteiger partial charge is 0.508 e. The number of aliphatic hydroxyl groups is 5. The number of ether oxygens (including phenoxy) is 2.